The quantitative estimate of drug-likeness (QED) is 0.0527. The Labute approximate surface area is 438 Å². The summed E-state index contributed by atoms with van der Waals surface area (Å²) < 4.78 is 0. The standard InChI is InChI=1S/C59H116N12/c1-50(2,3)42-59(20,21)65-47-62-48(70(45-38-55(12,13)68-56(14,15)39-45)32-28-24-22-26-30-60-43-34-51(4,5)66-52(6,7)35-43)64-49(63-47)71(46-40-57(16,17)69-58(18,19)41-46)33-29-25-23-27-31-61-44-36-53(8,9)67-54(10,11)37-44/h43-46,60-61,66-69H,22-42H2,1-21H3,(H,62,63,64,65). The van der Waals surface area contributed by atoms with Crippen molar-refractivity contribution in [2.75, 3.05) is 41.3 Å². The van der Waals surface area contributed by atoms with Gasteiger partial charge in [-0.2, -0.15) is 15.0 Å². The van der Waals surface area contributed by atoms with E-state index in [1.165, 1.54) is 64.2 Å². The fraction of sp³-hybridized carbons (Fsp3) is 0.949. The van der Waals surface area contributed by atoms with Crippen molar-refractivity contribution in [3.05, 3.63) is 0 Å². The fourth-order valence-corrected chi connectivity index (χ4v) is 15.3. The van der Waals surface area contributed by atoms with Crippen LogP contribution in [0.4, 0.5) is 17.8 Å². The van der Waals surface area contributed by atoms with Gasteiger partial charge >= 0.3 is 0 Å². The van der Waals surface area contributed by atoms with Crippen molar-refractivity contribution in [2.24, 2.45) is 5.41 Å². The molecule has 4 saturated heterocycles. The number of rotatable bonds is 23. The zero-order chi connectivity index (χ0) is 53.1. The lowest BCUT2D eigenvalue weighted by Crippen LogP contribution is -2.63. The van der Waals surface area contributed by atoms with Crippen LogP contribution in [0.3, 0.4) is 0 Å². The molecule has 0 unspecified atom stereocenters. The topological polar surface area (TPSA) is 129 Å². The molecule has 12 heteroatoms. The Kier molecular flexibility index (Phi) is 19.3. The van der Waals surface area contributed by atoms with Crippen molar-refractivity contribution in [3.63, 3.8) is 0 Å². The van der Waals surface area contributed by atoms with Gasteiger partial charge < -0.3 is 47.0 Å². The first-order valence-electron chi connectivity index (χ1n) is 29.0. The van der Waals surface area contributed by atoms with Gasteiger partial charge in [0.1, 0.15) is 0 Å². The number of aromatic nitrogens is 3. The van der Waals surface area contributed by atoms with Crippen LogP contribution in [0.2, 0.25) is 0 Å². The van der Waals surface area contributed by atoms with Crippen molar-refractivity contribution >= 4 is 17.8 Å². The SMILES string of the molecule is CC(C)(C)CC(C)(C)Nc1nc(N(CCCCCCNC2CC(C)(C)NC(C)(C)C2)C2CC(C)(C)NC(C)(C)C2)nc(N(CCCCCCNC2CC(C)(C)NC(C)(C)C2)C2CC(C)(C)NC(C)(C)C2)n1. The van der Waals surface area contributed by atoms with Crippen molar-refractivity contribution in [1.82, 2.24) is 46.9 Å². The van der Waals surface area contributed by atoms with Gasteiger partial charge in [0, 0.05) is 87.1 Å². The Morgan fingerprint density at radius 2 is 0.718 bits per heavy atom. The van der Waals surface area contributed by atoms with E-state index in [9.17, 15) is 0 Å². The van der Waals surface area contributed by atoms with E-state index >= 15 is 0 Å². The number of anilines is 3. The third kappa shape index (κ3) is 20.3. The molecule has 12 nitrogen and oxygen atoms in total. The van der Waals surface area contributed by atoms with Crippen LogP contribution in [0.15, 0.2) is 0 Å². The van der Waals surface area contributed by atoms with E-state index < -0.39 is 0 Å². The van der Waals surface area contributed by atoms with Crippen LogP contribution in [-0.4, -0.2) is 115 Å². The number of nitrogens with zero attached hydrogens (tertiary/aromatic N) is 5. The second-order valence-electron chi connectivity index (χ2n) is 31.0. The minimum absolute atomic E-state index is 0.0195. The summed E-state index contributed by atoms with van der Waals surface area (Å²) in [6, 6.07) is 1.71. The molecule has 0 spiro atoms. The van der Waals surface area contributed by atoms with Gasteiger partial charge in [-0.1, -0.05) is 46.5 Å². The van der Waals surface area contributed by atoms with E-state index in [0.717, 1.165) is 83.0 Å². The van der Waals surface area contributed by atoms with Crippen molar-refractivity contribution in [1.29, 1.82) is 0 Å². The Balaban J connectivity index is 1.41. The highest BCUT2D eigenvalue weighted by molar-refractivity contribution is 5.48. The van der Waals surface area contributed by atoms with Gasteiger partial charge in [-0.15, -0.1) is 0 Å². The van der Waals surface area contributed by atoms with Gasteiger partial charge in [0.25, 0.3) is 0 Å². The van der Waals surface area contributed by atoms with Gasteiger partial charge in [0.05, 0.1) is 0 Å². The summed E-state index contributed by atoms with van der Waals surface area (Å²) in [7, 11) is 0. The van der Waals surface area contributed by atoms with Crippen LogP contribution in [-0.2, 0) is 0 Å². The molecule has 4 aliphatic rings. The smallest absolute Gasteiger partial charge is 0.232 e. The van der Waals surface area contributed by atoms with Crippen molar-refractivity contribution in [2.45, 2.75) is 329 Å². The summed E-state index contributed by atoms with van der Waals surface area (Å²) in [5, 5.41) is 27.5. The van der Waals surface area contributed by atoms with E-state index in [4.69, 9.17) is 15.0 Å². The number of unbranched alkanes of at least 4 members (excludes halogenated alkanes) is 6. The molecule has 1 aromatic rings. The Hall–Kier alpha value is -1.83. The zero-order valence-corrected chi connectivity index (χ0v) is 50.4. The highest BCUT2D eigenvalue weighted by Crippen LogP contribution is 2.38. The third-order valence-corrected chi connectivity index (χ3v) is 15.7. The Morgan fingerprint density at radius 1 is 0.423 bits per heavy atom. The summed E-state index contributed by atoms with van der Waals surface area (Å²) in [4.78, 5) is 22.0. The van der Waals surface area contributed by atoms with E-state index in [2.05, 4.69) is 192 Å². The number of hydrogen-bond donors (Lipinski definition) is 7. The van der Waals surface area contributed by atoms with Gasteiger partial charge in [-0.3, -0.25) is 0 Å². The third-order valence-electron chi connectivity index (χ3n) is 15.7. The Bertz CT molecular complexity index is 1650. The number of nitrogens with one attached hydrogen (secondary N) is 7. The zero-order valence-electron chi connectivity index (χ0n) is 50.4. The highest BCUT2D eigenvalue weighted by atomic mass is 15.4. The minimum atomic E-state index is -0.220. The monoisotopic (exact) mass is 993 g/mol. The molecule has 0 amide bonds. The van der Waals surface area contributed by atoms with Crippen LogP contribution >= 0.6 is 0 Å². The van der Waals surface area contributed by atoms with E-state index in [0.29, 0.717) is 30.1 Å². The minimum Gasteiger partial charge on any atom is -0.349 e. The van der Waals surface area contributed by atoms with E-state index in [-0.39, 0.29) is 55.3 Å². The van der Waals surface area contributed by atoms with Gasteiger partial charge in [-0.25, -0.2) is 0 Å². The van der Waals surface area contributed by atoms with Gasteiger partial charge in [0.15, 0.2) is 0 Å². The molecule has 7 N–H and O–H groups in total. The average molecular weight is 994 g/mol. The highest BCUT2D eigenvalue weighted by Gasteiger charge is 2.44. The maximum absolute atomic E-state index is 5.71. The second kappa shape index (κ2) is 22.8. The maximum Gasteiger partial charge on any atom is 0.232 e. The summed E-state index contributed by atoms with van der Waals surface area (Å²) in [6.07, 6.45) is 19.3. The Morgan fingerprint density at radius 3 is 1.03 bits per heavy atom. The molecular weight excluding hydrogens is 877 g/mol. The molecule has 71 heavy (non-hydrogen) atoms. The number of piperidine rings is 4. The molecule has 1 aromatic heterocycles. The molecule has 0 atom stereocenters. The predicted octanol–water partition coefficient (Wildman–Crippen LogP) is 11.6. The fourth-order valence-electron chi connectivity index (χ4n) is 15.3. The van der Waals surface area contributed by atoms with Crippen molar-refractivity contribution in [3.8, 4) is 0 Å². The molecule has 412 valence electrons. The molecule has 0 aromatic carbocycles. The lowest BCUT2D eigenvalue weighted by atomic mass is 9.79. The van der Waals surface area contributed by atoms with Crippen LogP contribution in [0, 0.1) is 5.41 Å². The molecule has 4 aliphatic heterocycles. The summed E-state index contributed by atoms with van der Waals surface area (Å²) in [5.74, 6) is 2.39. The molecule has 4 fully saturated rings. The molecule has 0 aliphatic carbocycles. The van der Waals surface area contributed by atoms with E-state index in [1.807, 2.05) is 0 Å². The maximum atomic E-state index is 5.71. The van der Waals surface area contributed by atoms with Crippen LogP contribution in [0.5, 0.6) is 0 Å². The number of hydrogen-bond acceptors (Lipinski definition) is 12. The normalized spacial score (nSPS) is 24.4. The summed E-state index contributed by atoms with van der Waals surface area (Å²) in [6.45, 7) is 53.5. The van der Waals surface area contributed by atoms with Crippen LogP contribution in [0.1, 0.15) is 255 Å². The first kappa shape index (κ1) is 60.0. The van der Waals surface area contributed by atoms with Crippen LogP contribution in [0.25, 0.3) is 0 Å². The van der Waals surface area contributed by atoms with Gasteiger partial charge in [0.2, 0.25) is 17.8 Å². The van der Waals surface area contributed by atoms with Crippen LogP contribution < -0.4 is 47.0 Å². The lowest BCUT2D eigenvalue weighted by Gasteiger charge is -2.50. The first-order valence-corrected chi connectivity index (χ1v) is 29.0. The predicted molar refractivity (Wildman–Crippen MR) is 306 cm³/mol. The largest absolute Gasteiger partial charge is 0.349 e. The lowest BCUT2D eigenvalue weighted by molar-refractivity contribution is 0.145. The summed E-state index contributed by atoms with van der Waals surface area (Å²) in [5.41, 5.74) is 0.472. The first-order chi connectivity index (χ1) is 32.3. The second-order valence-corrected chi connectivity index (χ2v) is 31.0. The average Bonchev–Trinajstić information content (AvgIpc) is 3.10. The molecule has 0 bridgehead atoms. The van der Waals surface area contributed by atoms with E-state index in [1.54, 1.807) is 0 Å². The molecular formula is C59H116N12. The molecule has 0 radical (unpaired) electrons. The van der Waals surface area contributed by atoms with Crippen molar-refractivity contribution < 1.29 is 0 Å². The van der Waals surface area contributed by atoms with Gasteiger partial charge in [-0.05, 0) is 227 Å². The molecule has 5 heterocycles. The summed E-state index contributed by atoms with van der Waals surface area (Å²) >= 11 is 0. The molecule has 0 saturated carbocycles. The molecule has 5 rings (SSSR count).